The number of hydrogen-bond acceptors (Lipinski definition) is 6. The molecule has 15 heavy (non-hydrogen) atoms. The van der Waals surface area contributed by atoms with Crippen molar-refractivity contribution in [2.24, 2.45) is 0 Å². The molecule has 0 aromatic carbocycles. The van der Waals surface area contributed by atoms with Crippen LogP contribution in [0.3, 0.4) is 0 Å². The van der Waals surface area contributed by atoms with Crippen LogP contribution in [0, 0.1) is 0 Å². The van der Waals surface area contributed by atoms with Gasteiger partial charge in [-0.15, -0.1) is 0 Å². The molecule has 0 aromatic heterocycles. The minimum atomic E-state index is -2.08. The van der Waals surface area contributed by atoms with Crippen molar-refractivity contribution in [3.63, 3.8) is 0 Å². The topological polar surface area (TPSA) is 181 Å². The molecular weight excluding hydrogens is 579 g/mol. The Labute approximate surface area is 261 Å². The van der Waals surface area contributed by atoms with Gasteiger partial charge in [0, 0.05) is 0 Å². The Morgan fingerprint density at radius 2 is 0.600 bits per heavy atom. The van der Waals surface area contributed by atoms with Gasteiger partial charge in [-0.1, -0.05) is 0 Å². The van der Waals surface area contributed by atoms with Gasteiger partial charge in [-0.05, 0) is 0 Å². The van der Waals surface area contributed by atoms with Crippen LogP contribution in [0.4, 0.5) is 14.4 Å². The molecule has 0 amide bonds. The molecule has 0 saturated carbocycles. The van der Waals surface area contributed by atoms with Crippen LogP contribution in [0.1, 0.15) is 0 Å². The molecule has 0 bridgehead atoms. The van der Waals surface area contributed by atoms with E-state index in [0.29, 0.717) is 0 Å². The standard InChI is InChI=1S/3CH2O3.3Cs/c3*2-1(3)4;;;/h3*(H2,2,3,4);;;/q;;;3*+1/p-3. The molecule has 0 atom stereocenters. The zero-order chi connectivity index (χ0) is 10.7. The number of carboxylic acid groups (broad SMARTS) is 6. The normalized spacial score (nSPS) is 4.80. The average Bonchev–Trinajstić information content (AvgIpc) is 1.54. The van der Waals surface area contributed by atoms with Crippen molar-refractivity contribution in [2.45, 2.75) is 0 Å². The third kappa shape index (κ3) is 291. The van der Waals surface area contributed by atoms with E-state index in [0.717, 1.165) is 0 Å². The number of rotatable bonds is 0. The summed E-state index contributed by atoms with van der Waals surface area (Å²) in [6, 6.07) is 0. The third-order valence-electron chi connectivity index (χ3n) is 0. The minimum Gasteiger partial charge on any atom is -0.565 e. The van der Waals surface area contributed by atoms with E-state index in [4.69, 9.17) is 45.0 Å². The maximum absolute atomic E-state index is 8.44. The van der Waals surface area contributed by atoms with Crippen molar-refractivity contribution in [3.05, 3.63) is 0 Å². The maximum Gasteiger partial charge on any atom is 1.00 e. The molecule has 0 aliphatic rings. The van der Waals surface area contributed by atoms with E-state index in [2.05, 4.69) is 0 Å². The van der Waals surface area contributed by atoms with Gasteiger partial charge in [-0.3, -0.25) is 0 Å². The van der Waals surface area contributed by atoms with Crippen LogP contribution in [-0.2, 0) is 0 Å². The van der Waals surface area contributed by atoms with E-state index < -0.39 is 18.5 Å². The van der Waals surface area contributed by atoms with E-state index in [1.807, 2.05) is 0 Å². The number of hydrogen-bond donors (Lipinski definition) is 3. The Hall–Kier alpha value is 3.97. The van der Waals surface area contributed by atoms with Gasteiger partial charge in [0.05, 0.1) is 0 Å². The summed E-state index contributed by atoms with van der Waals surface area (Å²) in [6.07, 6.45) is -6.25. The quantitative estimate of drug-likeness (QED) is 0.250. The first-order valence-corrected chi connectivity index (χ1v) is 1.90. The Morgan fingerprint density at radius 3 is 0.600 bits per heavy atom. The molecule has 3 N–H and O–H groups in total. The summed E-state index contributed by atoms with van der Waals surface area (Å²) in [5, 5.41) is 45.9. The third-order valence-corrected chi connectivity index (χ3v) is 0. The van der Waals surface area contributed by atoms with E-state index in [1.54, 1.807) is 0 Å². The SMILES string of the molecule is O=C([O-])O.O=C([O-])O.O=C([O-])O.[Cs+].[Cs+].[Cs+]. The molecule has 0 aliphatic heterocycles. The second-order valence-electron chi connectivity index (χ2n) is 0.798. The first-order chi connectivity index (χ1) is 5.20. The van der Waals surface area contributed by atoms with Gasteiger partial charge in [0.1, 0.15) is 0 Å². The fourth-order valence-corrected chi connectivity index (χ4v) is 0. The van der Waals surface area contributed by atoms with Crippen molar-refractivity contribution < 1.29 is 252 Å². The van der Waals surface area contributed by atoms with Gasteiger partial charge in [0.15, 0.2) is 0 Å². The van der Waals surface area contributed by atoms with Crippen LogP contribution in [0.5, 0.6) is 0 Å². The van der Waals surface area contributed by atoms with Crippen molar-refractivity contribution >= 4 is 18.5 Å². The largest absolute Gasteiger partial charge is 1.00 e. The molecule has 0 spiro atoms. The molecule has 0 radical (unpaired) electrons. The minimum absolute atomic E-state index is 0. The average molecular weight is 582 g/mol. The van der Waals surface area contributed by atoms with Crippen LogP contribution in [0.2, 0.25) is 0 Å². The summed E-state index contributed by atoms with van der Waals surface area (Å²) in [7, 11) is 0. The van der Waals surface area contributed by atoms with E-state index >= 15 is 0 Å². The number of carbonyl (C=O) groups is 3. The Kier molecular flexibility index (Phi) is 74.7. The monoisotopic (exact) mass is 582 g/mol. The second-order valence-corrected chi connectivity index (χ2v) is 0.798. The van der Waals surface area contributed by atoms with Crippen LogP contribution < -0.4 is 222 Å². The van der Waals surface area contributed by atoms with Gasteiger partial charge in [0.25, 0.3) is 0 Å². The molecule has 72 valence electrons. The molecule has 9 nitrogen and oxygen atoms in total. The van der Waals surface area contributed by atoms with Gasteiger partial charge in [-0.25, -0.2) is 0 Å². The van der Waals surface area contributed by atoms with Crippen LogP contribution in [-0.4, -0.2) is 33.8 Å². The Bertz CT molecular complexity index is 118. The fraction of sp³-hybridized carbons (Fsp3) is 0. The summed E-state index contributed by atoms with van der Waals surface area (Å²) >= 11 is 0. The molecule has 0 unspecified atom stereocenters. The first kappa shape index (κ1) is 36.4. The predicted molar refractivity (Wildman–Crippen MR) is 24.1 cm³/mol. The van der Waals surface area contributed by atoms with Crippen LogP contribution >= 0.6 is 0 Å². The smallest absolute Gasteiger partial charge is 0.565 e. The van der Waals surface area contributed by atoms with Crippen molar-refractivity contribution in [3.8, 4) is 0 Å². The van der Waals surface area contributed by atoms with Crippen molar-refractivity contribution in [2.75, 3.05) is 0 Å². The molecule has 0 saturated heterocycles. The second kappa shape index (κ2) is 30.8. The maximum atomic E-state index is 8.44. The summed E-state index contributed by atoms with van der Waals surface area (Å²) in [6.45, 7) is 0. The molecular formula is C3H3Cs3O9. The van der Waals surface area contributed by atoms with E-state index in [-0.39, 0.29) is 207 Å². The summed E-state index contributed by atoms with van der Waals surface area (Å²) in [4.78, 5) is 25.3. The van der Waals surface area contributed by atoms with E-state index in [9.17, 15) is 0 Å². The molecule has 0 aromatic rings. The summed E-state index contributed by atoms with van der Waals surface area (Å²) in [5.41, 5.74) is 0. The zero-order valence-electron chi connectivity index (χ0n) is 8.29. The molecule has 0 heterocycles. The van der Waals surface area contributed by atoms with Crippen molar-refractivity contribution in [1.29, 1.82) is 0 Å². The predicted octanol–water partition coefficient (Wildman–Crippen LogP) is -12.3. The molecule has 0 rings (SSSR count). The van der Waals surface area contributed by atoms with Crippen LogP contribution in [0.25, 0.3) is 0 Å². The van der Waals surface area contributed by atoms with Gasteiger partial charge < -0.3 is 45.0 Å². The van der Waals surface area contributed by atoms with Gasteiger partial charge in [0.2, 0.25) is 18.5 Å². The van der Waals surface area contributed by atoms with Crippen LogP contribution in [0.15, 0.2) is 0 Å². The van der Waals surface area contributed by atoms with Gasteiger partial charge in [-0.2, -0.15) is 0 Å². The Balaban J connectivity index is -0.0000000184. The van der Waals surface area contributed by atoms with E-state index in [1.165, 1.54) is 0 Å². The fourth-order valence-electron chi connectivity index (χ4n) is 0. The molecule has 0 aliphatic carbocycles. The summed E-state index contributed by atoms with van der Waals surface area (Å²) < 4.78 is 0. The Morgan fingerprint density at radius 1 is 0.600 bits per heavy atom. The zero-order valence-corrected chi connectivity index (χ0v) is 27.1. The molecule has 12 heteroatoms. The first-order valence-electron chi connectivity index (χ1n) is 1.90. The van der Waals surface area contributed by atoms with Crippen molar-refractivity contribution in [1.82, 2.24) is 0 Å². The molecule has 0 fully saturated rings. The van der Waals surface area contributed by atoms with Gasteiger partial charge >= 0.3 is 207 Å². The summed E-state index contributed by atoms with van der Waals surface area (Å²) in [5.74, 6) is 0.